The Kier molecular flexibility index (Phi) is 7.05. The number of hydrogen-bond acceptors (Lipinski definition) is 0. The molecule has 0 atom stereocenters. The molecule has 0 saturated heterocycles. The van der Waals surface area contributed by atoms with Crippen molar-refractivity contribution in [1.29, 1.82) is 0 Å². The zero-order valence-corrected chi connectivity index (χ0v) is 31.6. The van der Waals surface area contributed by atoms with E-state index in [2.05, 4.69) is 225 Å². The van der Waals surface area contributed by atoms with E-state index in [1.807, 2.05) is 6.08 Å². The minimum absolute atomic E-state index is 1.01. The molecule has 0 saturated carbocycles. The second-order valence-electron chi connectivity index (χ2n) is 15.0. The van der Waals surface area contributed by atoms with Gasteiger partial charge in [-0.25, -0.2) is 0 Å². The molecule has 0 aliphatic rings. The van der Waals surface area contributed by atoms with E-state index < -0.39 is 0 Å². The van der Waals surface area contributed by atoms with Gasteiger partial charge in [0, 0.05) is 66.4 Å². The minimum atomic E-state index is 1.01. The third-order valence-corrected chi connectivity index (χ3v) is 11.9. The number of nitrogens with zero attached hydrogens (tertiary/aromatic N) is 4. The molecule has 0 aliphatic carbocycles. The molecular weight excluding hydrogens is 705 g/mol. The van der Waals surface area contributed by atoms with E-state index in [1.165, 1.54) is 70.7 Å². The molecule has 0 spiro atoms. The first-order valence-corrected chi connectivity index (χ1v) is 19.8. The van der Waals surface area contributed by atoms with Crippen molar-refractivity contribution in [2.75, 3.05) is 0 Å². The van der Waals surface area contributed by atoms with Gasteiger partial charge in [0.1, 0.15) is 0 Å². The van der Waals surface area contributed by atoms with Crippen LogP contribution in [0.25, 0.3) is 110 Å². The summed E-state index contributed by atoms with van der Waals surface area (Å²) in [6.07, 6.45) is 8.58. The van der Waals surface area contributed by atoms with Crippen molar-refractivity contribution in [3.8, 4) is 11.4 Å². The molecule has 0 amide bonds. The molecule has 272 valence electrons. The summed E-state index contributed by atoms with van der Waals surface area (Å²) in [5.74, 6) is 0. The molecule has 0 aliphatic heterocycles. The summed E-state index contributed by atoms with van der Waals surface area (Å²) >= 11 is 0. The van der Waals surface area contributed by atoms with Gasteiger partial charge in [0.25, 0.3) is 0 Å². The summed E-state index contributed by atoms with van der Waals surface area (Å²) in [6, 6.07) is 65.8. The Balaban J connectivity index is 1.19. The number of allylic oxidation sites excluding steroid dienone is 4. The van der Waals surface area contributed by atoms with E-state index in [1.54, 1.807) is 0 Å². The van der Waals surface area contributed by atoms with Gasteiger partial charge in [-0.05, 0) is 60.7 Å². The third-order valence-electron chi connectivity index (χ3n) is 11.9. The Morgan fingerprint density at radius 1 is 0.362 bits per heavy atom. The zero-order chi connectivity index (χ0) is 38.3. The number of fused-ring (bicyclic) bond motifs is 14. The van der Waals surface area contributed by atoms with Gasteiger partial charge in [0.05, 0.1) is 44.1 Å². The van der Waals surface area contributed by atoms with Gasteiger partial charge in [-0.2, -0.15) is 0 Å². The second-order valence-corrected chi connectivity index (χ2v) is 15.0. The second kappa shape index (κ2) is 12.6. The van der Waals surface area contributed by atoms with Crippen molar-refractivity contribution < 1.29 is 0 Å². The van der Waals surface area contributed by atoms with Crippen LogP contribution in [0, 0.1) is 0 Å². The quantitative estimate of drug-likeness (QED) is 0.151. The highest BCUT2D eigenvalue weighted by Crippen LogP contribution is 2.43. The van der Waals surface area contributed by atoms with Crippen LogP contribution in [-0.2, 0) is 0 Å². The fourth-order valence-corrected chi connectivity index (χ4v) is 9.62. The third kappa shape index (κ3) is 4.51. The Morgan fingerprint density at radius 2 is 0.759 bits per heavy atom. The molecule has 4 aromatic heterocycles. The van der Waals surface area contributed by atoms with Crippen LogP contribution in [0.15, 0.2) is 207 Å². The summed E-state index contributed by atoms with van der Waals surface area (Å²) in [7, 11) is 0. The van der Waals surface area contributed by atoms with E-state index in [9.17, 15) is 0 Å². The lowest BCUT2D eigenvalue weighted by molar-refractivity contribution is 1.16. The van der Waals surface area contributed by atoms with Crippen LogP contribution in [0.5, 0.6) is 0 Å². The van der Waals surface area contributed by atoms with Crippen molar-refractivity contribution >= 4 is 99.1 Å². The van der Waals surface area contributed by atoms with Crippen LogP contribution in [0.3, 0.4) is 0 Å². The summed E-state index contributed by atoms with van der Waals surface area (Å²) in [4.78, 5) is 0. The zero-order valence-electron chi connectivity index (χ0n) is 31.6. The SMILES string of the molecule is C=C/C=C(\C=C\n1c2ccccc2c2ccc3c4ccccc4n(-c4ccccc4)c3c21)n1c2ccccc2c2ccc3c4ccccc4n(-c4ccccc4)c3c21. The van der Waals surface area contributed by atoms with E-state index in [0.717, 1.165) is 33.6 Å². The highest BCUT2D eigenvalue weighted by molar-refractivity contribution is 6.26. The Bertz CT molecular complexity index is 3680. The average molecular weight is 741 g/mol. The minimum Gasteiger partial charge on any atom is -0.314 e. The van der Waals surface area contributed by atoms with Crippen molar-refractivity contribution in [2.45, 2.75) is 0 Å². The van der Waals surface area contributed by atoms with E-state index in [0.29, 0.717) is 0 Å². The Labute approximate surface area is 334 Å². The molecule has 12 rings (SSSR count). The number of rotatable bonds is 6. The van der Waals surface area contributed by atoms with Gasteiger partial charge in [-0.15, -0.1) is 0 Å². The predicted octanol–water partition coefficient (Wildman–Crippen LogP) is 14.3. The van der Waals surface area contributed by atoms with Crippen molar-refractivity contribution in [2.24, 2.45) is 0 Å². The van der Waals surface area contributed by atoms with Crippen LogP contribution >= 0.6 is 0 Å². The van der Waals surface area contributed by atoms with Gasteiger partial charge in [0.2, 0.25) is 0 Å². The summed E-state index contributed by atoms with van der Waals surface area (Å²) in [6.45, 7) is 4.25. The molecule has 58 heavy (non-hydrogen) atoms. The Hall–Kier alpha value is -7.82. The summed E-state index contributed by atoms with van der Waals surface area (Å²) in [5, 5.41) is 9.76. The lowest BCUT2D eigenvalue weighted by Crippen LogP contribution is -2.00. The fraction of sp³-hybridized carbons (Fsp3) is 0. The molecule has 0 N–H and O–H groups in total. The predicted molar refractivity (Wildman–Crippen MR) is 247 cm³/mol. The van der Waals surface area contributed by atoms with Crippen LogP contribution in [0.1, 0.15) is 0 Å². The highest BCUT2D eigenvalue weighted by Gasteiger charge is 2.23. The largest absolute Gasteiger partial charge is 0.314 e. The molecule has 8 aromatic carbocycles. The molecule has 0 unspecified atom stereocenters. The van der Waals surface area contributed by atoms with Crippen molar-refractivity contribution in [1.82, 2.24) is 18.3 Å². The van der Waals surface area contributed by atoms with Crippen LogP contribution in [0.2, 0.25) is 0 Å². The Morgan fingerprint density at radius 3 is 1.29 bits per heavy atom. The van der Waals surface area contributed by atoms with E-state index in [4.69, 9.17) is 0 Å². The number of aromatic nitrogens is 4. The van der Waals surface area contributed by atoms with Gasteiger partial charge >= 0.3 is 0 Å². The fourth-order valence-electron chi connectivity index (χ4n) is 9.62. The maximum absolute atomic E-state index is 4.25. The normalized spacial score (nSPS) is 12.6. The lowest BCUT2D eigenvalue weighted by Gasteiger charge is -2.13. The van der Waals surface area contributed by atoms with Crippen molar-refractivity contribution in [3.63, 3.8) is 0 Å². The molecule has 0 radical (unpaired) electrons. The maximum atomic E-state index is 4.25. The highest BCUT2D eigenvalue weighted by atomic mass is 15.1. The average Bonchev–Trinajstić information content (AvgIpc) is 4.01. The van der Waals surface area contributed by atoms with Gasteiger partial charge in [-0.1, -0.05) is 146 Å². The molecule has 12 aromatic rings. The van der Waals surface area contributed by atoms with E-state index in [-0.39, 0.29) is 0 Å². The molecular formula is C54H36N4. The van der Waals surface area contributed by atoms with Gasteiger partial charge < -0.3 is 18.3 Å². The topological polar surface area (TPSA) is 19.7 Å². The van der Waals surface area contributed by atoms with Crippen LogP contribution in [0.4, 0.5) is 0 Å². The summed E-state index contributed by atoms with van der Waals surface area (Å²) < 4.78 is 9.70. The molecule has 0 fully saturated rings. The van der Waals surface area contributed by atoms with Crippen molar-refractivity contribution in [3.05, 3.63) is 207 Å². The number of hydrogen-bond donors (Lipinski definition) is 0. The number of para-hydroxylation sites is 6. The summed E-state index contributed by atoms with van der Waals surface area (Å²) in [5.41, 5.74) is 12.6. The van der Waals surface area contributed by atoms with Gasteiger partial charge in [0.15, 0.2) is 0 Å². The van der Waals surface area contributed by atoms with E-state index >= 15 is 0 Å². The molecule has 4 nitrogen and oxygen atoms in total. The lowest BCUT2D eigenvalue weighted by atomic mass is 10.1. The van der Waals surface area contributed by atoms with Gasteiger partial charge in [-0.3, -0.25) is 0 Å². The molecule has 4 heterocycles. The standard InChI is InChI=1S/C54H36N4/c1-2-17-36(56-48-27-14-11-24-41(48)45-32-33-46-42-25-12-16-29-50(42)58(54(46)53(45)56)38-20-7-4-8-21-38)34-35-55-47-26-13-9-22-39(47)43-30-31-44-40-23-10-15-28-49(40)57(52(44)51(43)55)37-18-5-3-6-19-37/h2-35H,1H2/b35-34+,36-17+. The smallest absolute Gasteiger partial charge is 0.0788 e. The first kappa shape index (κ1) is 32.4. The first-order chi connectivity index (χ1) is 28.8. The number of benzene rings is 8. The monoisotopic (exact) mass is 740 g/mol. The maximum Gasteiger partial charge on any atom is 0.0788 e. The molecule has 0 bridgehead atoms. The first-order valence-electron chi connectivity index (χ1n) is 19.8. The molecule has 4 heteroatoms. The van der Waals surface area contributed by atoms with Crippen LogP contribution in [-0.4, -0.2) is 18.3 Å². The van der Waals surface area contributed by atoms with Crippen LogP contribution < -0.4 is 0 Å².